The minimum Gasteiger partial charge on any atom is -0.356 e. The van der Waals surface area contributed by atoms with Gasteiger partial charge in [0.05, 0.1) is 10.5 Å². The quantitative estimate of drug-likeness (QED) is 0.296. The number of nitrogens with one attached hydrogen (secondary N) is 2. The maximum Gasteiger partial charge on any atom is 0.235 e. The average Bonchev–Trinajstić information content (AvgIpc) is 2.69. The van der Waals surface area contributed by atoms with E-state index in [1.807, 2.05) is 13.8 Å². The standard InChI is InChI=1S/C18H36N2O6S2/c1-9-15(25-13(5)23-7)19-17(21)11(3)27-28-12(4)18(22)20-16(10-2)26-14(6)24-8/h11-16H,9-10H2,1-8H3,(H,19,21)(H,20,22). The lowest BCUT2D eigenvalue weighted by molar-refractivity contribution is -0.160. The Labute approximate surface area is 176 Å². The van der Waals surface area contributed by atoms with E-state index in [-0.39, 0.29) is 22.3 Å². The molecule has 0 aliphatic carbocycles. The summed E-state index contributed by atoms with van der Waals surface area (Å²) in [4.78, 5) is 24.7. The second-order valence-corrected chi connectivity index (χ2v) is 9.12. The van der Waals surface area contributed by atoms with Crippen LogP contribution < -0.4 is 10.6 Å². The molecule has 0 fully saturated rings. The van der Waals surface area contributed by atoms with Crippen LogP contribution in [-0.4, -0.2) is 61.6 Å². The molecule has 0 aliphatic heterocycles. The Hall–Kier alpha value is -0.520. The van der Waals surface area contributed by atoms with E-state index >= 15 is 0 Å². The van der Waals surface area contributed by atoms with Crippen LogP contribution in [0.5, 0.6) is 0 Å². The van der Waals surface area contributed by atoms with Crippen LogP contribution in [-0.2, 0) is 28.5 Å². The lowest BCUT2D eigenvalue weighted by Crippen LogP contribution is -2.43. The van der Waals surface area contributed by atoms with Crippen molar-refractivity contribution in [3.63, 3.8) is 0 Å². The number of carbonyl (C=O) groups excluding carboxylic acids is 2. The van der Waals surface area contributed by atoms with Gasteiger partial charge >= 0.3 is 0 Å². The smallest absolute Gasteiger partial charge is 0.235 e. The lowest BCUT2D eigenvalue weighted by Gasteiger charge is -2.24. The molecule has 2 N–H and O–H groups in total. The Morgan fingerprint density at radius 1 is 0.750 bits per heavy atom. The molecule has 2 amide bonds. The Balaban J connectivity index is 4.41. The molecule has 0 radical (unpaired) electrons. The van der Waals surface area contributed by atoms with Gasteiger partial charge in [-0.05, 0) is 40.5 Å². The van der Waals surface area contributed by atoms with E-state index in [9.17, 15) is 9.59 Å². The Morgan fingerprint density at radius 2 is 1.07 bits per heavy atom. The Kier molecular flexibility index (Phi) is 15.1. The molecule has 0 saturated heterocycles. The molecule has 6 unspecified atom stereocenters. The van der Waals surface area contributed by atoms with Gasteiger partial charge < -0.3 is 29.6 Å². The molecule has 6 atom stereocenters. The van der Waals surface area contributed by atoms with Crippen LogP contribution in [0, 0.1) is 0 Å². The minimum absolute atomic E-state index is 0.149. The van der Waals surface area contributed by atoms with Crippen LogP contribution in [0.4, 0.5) is 0 Å². The Bertz CT molecular complexity index is 418. The monoisotopic (exact) mass is 440 g/mol. The molecule has 0 heterocycles. The molecule has 0 rings (SSSR count). The molecule has 166 valence electrons. The number of ether oxygens (including phenoxy) is 4. The average molecular weight is 441 g/mol. The maximum atomic E-state index is 12.3. The summed E-state index contributed by atoms with van der Waals surface area (Å²) in [6.07, 6.45) is -0.382. The fraction of sp³-hybridized carbons (Fsp3) is 0.889. The van der Waals surface area contributed by atoms with Gasteiger partial charge in [-0.2, -0.15) is 0 Å². The van der Waals surface area contributed by atoms with Crippen LogP contribution in [0.25, 0.3) is 0 Å². The maximum absolute atomic E-state index is 12.3. The number of methoxy groups -OCH3 is 2. The van der Waals surface area contributed by atoms with Crippen molar-refractivity contribution in [3.05, 3.63) is 0 Å². The highest BCUT2D eigenvalue weighted by molar-refractivity contribution is 8.77. The third-order valence-electron chi connectivity index (χ3n) is 3.81. The number of carbonyl (C=O) groups is 2. The summed E-state index contributed by atoms with van der Waals surface area (Å²) in [6, 6.07) is 0. The summed E-state index contributed by atoms with van der Waals surface area (Å²) in [5.41, 5.74) is 0. The number of rotatable bonds is 15. The second-order valence-electron chi connectivity index (χ2n) is 6.17. The summed E-state index contributed by atoms with van der Waals surface area (Å²) >= 11 is 0. The first kappa shape index (κ1) is 27.5. The zero-order valence-corrected chi connectivity index (χ0v) is 19.8. The molecule has 8 nitrogen and oxygen atoms in total. The molecule has 0 saturated carbocycles. The minimum atomic E-state index is -0.415. The summed E-state index contributed by atoms with van der Waals surface area (Å²) in [6.45, 7) is 11.0. The number of hydrogen-bond acceptors (Lipinski definition) is 8. The van der Waals surface area contributed by atoms with Gasteiger partial charge in [-0.3, -0.25) is 9.59 Å². The molecule has 0 aliphatic rings. The van der Waals surface area contributed by atoms with Crippen molar-refractivity contribution in [2.45, 2.75) is 89.9 Å². The van der Waals surface area contributed by atoms with Crippen molar-refractivity contribution < 1.29 is 28.5 Å². The van der Waals surface area contributed by atoms with Gasteiger partial charge in [0.25, 0.3) is 0 Å². The highest BCUT2D eigenvalue weighted by Gasteiger charge is 2.23. The lowest BCUT2D eigenvalue weighted by atomic mass is 10.3. The molecule has 28 heavy (non-hydrogen) atoms. The molecular weight excluding hydrogens is 404 g/mol. The first-order valence-electron chi connectivity index (χ1n) is 9.47. The predicted octanol–water partition coefficient (Wildman–Crippen LogP) is 2.87. The number of hydrogen-bond donors (Lipinski definition) is 2. The Morgan fingerprint density at radius 3 is 1.32 bits per heavy atom. The van der Waals surface area contributed by atoms with E-state index in [1.54, 1.807) is 41.9 Å². The largest absolute Gasteiger partial charge is 0.356 e. The summed E-state index contributed by atoms with van der Waals surface area (Å²) < 4.78 is 21.3. The van der Waals surface area contributed by atoms with Gasteiger partial charge in [-0.15, -0.1) is 0 Å². The molecule has 0 aromatic carbocycles. The molecule has 0 aromatic rings. The third-order valence-corrected chi connectivity index (χ3v) is 6.99. The van der Waals surface area contributed by atoms with Gasteiger partial charge in [0.2, 0.25) is 11.8 Å². The van der Waals surface area contributed by atoms with Gasteiger partial charge in [0, 0.05) is 14.2 Å². The topological polar surface area (TPSA) is 95.1 Å². The molecule has 0 spiro atoms. The summed E-state index contributed by atoms with van der Waals surface area (Å²) in [5, 5.41) is 5.00. The molecule has 10 heteroatoms. The van der Waals surface area contributed by atoms with E-state index in [2.05, 4.69) is 10.6 Å². The van der Waals surface area contributed by atoms with Crippen LogP contribution in [0.1, 0.15) is 54.4 Å². The highest BCUT2D eigenvalue weighted by Crippen LogP contribution is 2.31. The van der Waals surface area contributed by atoms with E-state index in [1.165, 1.54) is 21.6 Å². The van der Waals surface area contributed by atoms with Crippen molar-refractivity contribution in [3.8, 4) is 0 Å². The van der Waals surface area contributed by atoms with E-state index < -0.39 is 25.0 Å². The normalized spacial score (nSPS) is 17.9. The van der Waals surface area contributed by atoms with Crippen molar-refractivity contribution in [2.75, 3.05) is 14.2 Å². The molecule has 0 bridgehead atoms. The molecule has 0 aromatic heterocycles. The van der Waals surface area contributed by atoms with Crippen molar-refractivity contribution >= 4 is 33.4 Å². The van der Waals surface area contributed by atoms with Gasteiger partial charge in [0.15, 0.2) is 12.6 Å². The van der Waals surface area contributed by atoms with Crippen LogP contribution in [0.3, 0.4) is 0 Å². The fourth-order valence-corrected chi connectivity index (χ4v) is 4.01. The van der Waals surface area contributed by atoms with Gasteiger partial charge in [-0.25, -0.2) is 0 Å². The van der Waals surface area contributed by atoms with Gasteiger partial charge in [-0.1, -0.05) is 35.4 Å². The molecular formula is C18H36N2O6S2. The zero-order chi connectivity index (χ0) is 21.7. The second kappa shape index (κ2) is 15.3. The van der Waals surface area contributed by atoms with E-state index in [0.717, 1.165) is 0 Å². The summed E-state index contributed by atoms with van der Waals surface area (Å²) in [7, 11) is 5.78. The first-order chi connectivity index (χ1) is 13.2. The van der Waals surface area contributed by atoms with Crippen molar-refractivity contribution in [1.82, 2.24) is 10.6 Å². The van der Waals surface area contributed by atoms with E-state index in [0.29, 0.717) is 12.8 Å². The summed E-state index contributed by atoms with van der Waals surface area (Å²) in [5.74, 6) is -0.298. The third kappa shape index (κ3) is 11.5. The highest BCUT2D eigenvalue weighted by atomic mass is 33.1. The predicted molar refractivity (Wildman–Crippen MR) is 114 cm³/mol. The first-order valence-corrected chi connectivity index (χ1v) is 11.7. The SMILES string of the molecule is CCC(NC(=O)C(C)SSC(C)C(=O)NC(CC)OC(C)OC)OC(C)OC. The van der Waals surface area contributed by atoms with Crippen LogP contribution >= 0.6 is 21.6 Å². The van der Waals surface area contributed by atoms with Crippen LogP contribution in [0.2, 0.25) is 0 Å². The van der Waals surface area contributed by atoms with Crippen molar-refractivity contribution in [2.24, 2.45) is 0 Å². The van der Waals surface area contributed by atoms with Gasteiger partial charge in [0.1, 0.15) is 12.5 Å². The fourth-order valence-electron chi connectivity index (χ4n) is 1.84. The van der Waals surface area contributed by atoms with E-state index in [4.69, 9.17) is 18.9 Å². The van der Waals surface area contributed by atoms with Crippen molar-refractivity contribution in [1.29, 1.82) is 0 Å². The van der Waals surface area contributed by atoms with Crippen LogP contribution in [0.15, 0.2) is 0 Å². The number of amides is 2. The zero-order valence-electron chi connectivity index (χ0n) is 18.1.